The lowest BCUT2D eigenvalue weighted by molar-refractivity contribution is 0.167. The third kappa shape index (κ3) is 1.38. The molecule has 0 spiro atoms. The Morgan fingerprint density at radius 1 is 1.50 bits per heavy atom. The first-order chi connectivity index (χ1) is 6.62. The van der Waals surface area contributed by atoms with E-state index in [1.807, 2.05) is 0 Å². The summed E-state index contributed by atoms with van der Waals surface area (Å²) in [5, 5.41) is 9.30. The summed E-state index contributed by atoms with van der Waals surface area (Å²) in [5.74, 6) is 0.489. The highest BCUT2D eigenvalue weighted by molar-refractivity contribution is 6.50. The zero-order valence-corrected chi connectivity index (χ0v) is 7.75. The van der Waals surface area contributed by atoms with E-state index in [-0.39, 0.29) is 0 Å². The molecule has 14 heavy (non-hydrogen) atoms. The van der Waals surface area contributed by atoms with Gasteiger partial charge in [-0.05, 0) is 6.92 Å². The molecule has 0 aromatic rings. The van der Waals surface area contributed by atoms with Gasteiger partial charge in [0, 0.05) is 6.42 Å². The van der Waals surface area contributed by atoms with Crippen molar-refractivity contribution in [1.29, 1.82) is 0 Å². The predicted molar refractivity (Wildman–Crippen MR) is 55.1 cm³/mol. The molecule has 6 heteroatoms. The smallest absolute Gasteiger partial charge is 0.180 e. The van der Waals surface area contributed by atoms with Crippen LogP contribution in [0.2, 0.25) is 0 Å². The zero-order chi connectivity index (χ0) is 10.2. The van der Waals surface area contributed by atoms with Crippen LogP contribution < -0.4 is 5.73 Å². The maximum absolute atomic E-state index is 9.30. The number of rotatable bonds is 2. The number of fused-ring (bicyclic) bond motifs is 1. The van der Waals surface area contributed by atoms with Crippen molar-refractivity contribution in [2.24, 2.45) is 25.7 Å². The highest BCUT2D eigenvalue weighted by Gasteiger charge is 2.38. The monoisotopic (exact) mass is 193 g/mol. The molecule has 0 bridgehead atoms. The van der Waals surface area contributed by atoms with Crippen molar-refractivity contribution in [1.82, 2.24) is 0 Å². The fourth-order valence-electron chi connectivity index (χ4n) is 1.51. The van der Waals surface area contributed by atoms with Crippen molar-refractivity contribution in [3.63, 3.8) is 0 Å². The van der Waals surface area contributed by atoms with Crippen LogP contribution in [-0.2, 0) is 0 Å². The summed E-state index contributed by atoms with van der Waals surface area (Å²) in [5.41, 5.74) is 5.54. The average Bonchev–Trinajstić information content (AvgIpc) is 2.51. The minimum absolute atomic E-state index is 0.310. The van der Waals surface area contributed by atoms with Gasteiger partial charge in [-0.2, -0.15) is 0 Å². The molecule has 2 rings (SSSR count). The highest BCUT2D eigenvalue weighted by atomic mass is 16.3. The predicted octanol–water partition coefficient (Wildman–Crippen LogP) is -0.664. The molecule has 0 aromatic heterocycles. The van der Waals surface area contributed by atoms with Crippen LogP contribution in [0.4, 0.5) is 0 Å². The highest BCUT2D eigenvalue weighted by Crippen LogP contribution is 2.20. The second-order valence-electron chi connectivity index (χ2n) is 3.40. The Morgan fingerprint density at radius 3 is 3.00 bits per heavy atom. The molecule has 6 nitrogen and oxygen atoms in total. The van der Waals surface area contributed by atoms with Crippen molar-refractivity contribution in [3.05, 3.63) is 0 Å². The van der Waals surface area contributed by atoms with Crippen molar-refractivity contribution in [2.45, 2.75) is 25.1 Å². The number of hydrogen-bond donors (Lipinski definition) is 2. The van der Waals surface area contributed by atoms with Gasteiger partial charge in [-0.15, -0.1) is 0 Å². The standard InChI is InChI=1S/C8H11N5O/c1-5(14)2-8(9)6-7(11-3-10-6)12-4-13-8/h3-5,14H,2,9H2,1H3/t5?,8-/m1/s1. The van der Waals surface area contributed by atoms with Gasteiger partial charge in [-0.25, -0.2) is 20.0 Å². The summed E-state index contributed by atoms with van der Waals surface area (Å²) in [4.78, 5) is 15.9. The van der Waals surface area contributed by atoms with Gasteiger partial charge in [0.1, 0.15) is 18.4 Å². The molecule has 74 valence electrons. The Bertz CT molecular complexity index is 368. The zero-order valence-electron chi connectivity index (χ0n) is 7.75. The molecule has 0 amide bonds. The van der Waals surface area contributed by atoms with Gasteiger partial charge in [0.05, 0.1) is 6.10 Å². The van der Waals surface area contributed by atoms with E-state index in [2.05, 4.69) is 20.0 Å². The molecule has 0 aromatic carbocycles. The van der Waals surface area contributed by atoms with Gasteiger partial charge in [-0.3, -0.25) is 0 Å². The second-order valence-corrected chi connectivity index (χ2v) is 3.40. The Balaban J connectivity index is 2.30. The molecule has 2 aliphatic rings. The normalized spacial score (nSPS) is 31.1. The largest absolute Gasteiger partial charge is 0.393 e. The molecular formula is C8H11N5O. The van der Waals surface area contributed by atoms with E-state index in [1.54, 1.807) is 6.92 Å². The number of aliphatic hydroxyl groups is 1. The van der Waals surface area contributed by atoms with Crippen LogP contribution in [0, 0.1) is 0 Å². The van der Waals surface area contributed by atoms with Gasteiger partial charge in [-0.1, -0.05) is 0 Å². The Hall–Kier alpha value is -1.40. The van der Waals surface area contributed by atoms with Crippen LogP contribution in [0.15, 0.2) is 20.0 Å². The molecule has 0 fully saturated rings. The van der Waals surface area contributed by atoms with Gasteiger partial charge < -0.3 is 10.8 Å². The first-order valence-electron chi connectivity index (χ1n) is 4.31. The van der Waals surface area contributed by atoms with Crippen LogP contribution in [-0.4, -0.2) is 41.1 Å². The van der Waals surface area contributed by atoms with E-state index in [4.69, 9.17) is 5.73 Å². The van der Waals surface area contributed by atoms with E-state index >= 15 is 0 Å². The van der Waals surface area contributed by atoms with E-state index in [0.29, 0.717) is 18.0 Å². The quantitative estimate of drug-likeness (QED) is 0.608. The van der Waals surface area contributed by atoms with Gasteiger partial charge in [0.2, 0.25) is 0 Å². The molecule has 2 aliphatic heterocycles. The maximum Gasteiger partial charge on any atom is 0.180 e. The Labute approximate surface area is 81.0 Å². The van der Waals surface area contributed by atoms with Crippen LogP contribution in [0.3, 0.4) is 0 Å². The summed E-state index contributed by atoms with van der Waals surface area (Å²) < 4.78 is 0. The summed E-state index contributed by atoms with van der Waals surface area (Å²) in [7, 11) is 0. The summed E-state index contributed by atoms with van der Waals surface area (Å²) in [6.45, 7) is 1.66. The lowest BCUT2D eigenvalue weighted by Crippen LogP contribution is -2.52. The Kier molecular flexibility index (Phi) is 2.01. The molecular weight excluding hydrogens is 182 g/mol. The minimum Gasteiger partial charge on any atom is -0.393 e. The third-order valence-corrected chi connectivity index (χ3v) is 2.06. The molecule has 1 unspecified atom stereocenters. The number of hydrogen-bond acceptors (Lipinski definition) is 6. The molecule has 3 N–H and O–H groups in total. The molecule has 0 aliphatic carbocycles. The second kappa shape index (κ2) is 3.07. The lowest BCUT2D eigenvalue weighted by Gasteiger charge is -2.27. The van der Waals surface area contributed by atoms with Crippen LogP contribution in [0.25, 0.3) is 0 Å². The van der Waals surface area contributed by atoms with Crippen molar-refractivity contribution >= 4 is 24.2 Å². The first-order valence-corrected chi connectivity index (χ1v) is 4.31. The van der Waals surface area contributed by atoms with E-state index in [9.17, 15) is 5.11 Å². The Morgan fingerprint density at radius 2 is 2.29 bits per heavy atom. The number of nitrogens with zero attached hydrogens (tertiary/aromatic N) is 4. The van der Waals surface area contributed by atoms with Gasteiger partial charge in [0.15, 0.2) is 11.5 Å². The van der Waals surface area contributed by atoms with E-state index < -0.39 is 11.8 Å². The van der Waals surface area contributed by atoms with Gasteiger partial charge >= 0.3 is 0 Å². The molecule has 2 atom stereocenters. The summed E-state index contributed by atoms with van der Waals surface area (Å²) >= 11 is 0. The summed E-state index contributed by atoms with van der Waals surface area (Å²) in [6, 6.07) is 0. The molecule has 0 saturated heterocycles. The molecule has 2 heterocycles. The maximum atomic E-state index is 9.30. The summed E-state index contributed by atoms with van der Waals surface area (Å²) in [6.07, 6.45) is 2.52. The van der Waals surface area contributed by atoms with Crippen molar-refractivity contribution in [3.8, 4) is 0 Å². The fraction of sp³-hybridized carbons (Fsp3) is 0.500. The topological polar surface area (TPSA) is 95.7 Å². The SMILES string of the molecule is CC(O)C[C@@]1(N)N=CN=C2N=CN=C21. The van der Waals surface area contributed by atoms with Crippen LogP contribution in [0.1, 0.15) is 13.3 Å². The number of amidine groups is 1. The molecule has 0 saturated carbocycles. The van der Waals surface area contributed by atoms with Gasteiger partial charge in [0.25, 0.3) is 0 Å². The van der Waals surface area contributed by atoms with E-state index in [0.717, 1.165) is 0 Å². The third-order valence-electron chi connectivity index (χ3n) is 2.06. The lowest BCUT2D eigenvalue weighted by atomic mass is 9.97. The number of aliphatic hydroxyl groups excluding tert-OH is 1. The van der Waals surface area contributed by atoms with Crippen LogP contribution >= 0.6 is 0 Å². The first kappa shape index (κ1) is 9.17. The number of nitrogens with two attached hydrogens (primary N) is 1. The fourth-order valence-corrected chi connectivity index (χ4v) is 1.51. The molecule has 0 radical (unpaired) electrons. The van der Waals surface area contributed by atoms with Crippen molar-refractivity contribution in [2.75, 3.05) is 0 Å². The minimum atomic E-state index is -0.984. The number of aliphatic imine (C=N–C) groups is 4. The average molecular weight is 193 g/mol. The van der Waals surface area contributed by atoms with Crippen LogP contribution in [0.5, 0.6) is 0 Å². The van der Waals surface area contributed by atoms with Crippen molar-refractivity contribution < 1.29 is 5.11 Å². The van der Waals surface area contributed by atoms with E-state index in [1.165, 1.54) is 12.7 Å².